The van der Waals surface area contributed by atoms with E-state index in [-0.39, 0.29) is 17.8 Å². The fourth-order valence-corrected chi connectivity index (χ4v) is 1.87. The number of hydrogen-bond acceptors (Lipinski definition) is 3. The zero-order valence-corrected chi connectivity index (χ0v) is 9.96. The van der Waals surface area contributed by atoms with Crippen molar-refractivity contribution in [2.75, 3.05) is 32.5 Å². The molecule has 1 heterocycles. The molecule has 4 nitrogen and oxygen atoms in total. The normalized spacial score (nSPS) is 18.4. The maximum Gasteiger partial charge on any atom is 0.246 e. The lowest BCUT2D eigenvalue weighted by molar-refractivity contribution is -0.117. The largest absolute Gasteiger partial charge is 0.324 e. The Morgan fingerprint density at radius 3 is 2.94 bits per heavy atom. The number of fused-ring (bicyclic) bond motifs is 1. The topological polar surface area (TPSA) is 44.4 Å². The number of nitrogens with zero attached hydrogens (tertiary/aromatic N) is 1. The second kappa shape index (κ2) is 4.81. The molecule has 1 aliphatic rings. The van der Waals surface area contributed by atoms with Crippen molar-refractivity contribution in [3.63, 3.8) is 0 Å². The molecule has 1 unspecified atom stereocenters. The summed E-state index contributed by atoms with van der Waals surface area (Å²) in [5, 5.41) is 5.83. The SMILES string of the molecule is CN(C)CCNC1C(=O)Nc2cc(F)ccc21. The summed E-state index contributed by atoms with van der Waals surface area (Å²) in [6.07, 6.45) is 0. The molecule has 0 fully saturated rings. The van der Waals surface area contributed by atoms with Gasteiger partial charge in [0.25, 0.3) is 0 Å². The van der Waals surface area contributed by atoms with Gasteiger partial charge in [0.1, 0.15) is 11.9 Å². The fraction of sp³-hybridized carbons (Fsp3) is 0.417. The molecule has 92 valence electrons. The minimum atomic E-state index is -0.370. The van der Waals surface area contributed by atoms with E-state index in [9.17, 15) is 9.18 Å². The van der Waals surface area contributed by atoms with E-state index in [4.69, 9.17) is 0 Å². The lowest BCUT2D eigenvalue weighted by Gasteiger charge is -2.14. The number of anilines is 1. The summed E-state index contributed by atoms with van der Waals surface area (Å²) in [4.78, 5) is 13.7. The lowest BCUT2D eigenvalue weighted by atomic mass is 10.1. The van der Waals surface area contributed by atoms with Gasteiger partial charge in [0.05, 0.1) is 0 Å². The van der Waals surface area contributed by atoms with Crippen LogP contribution in [0.3, 0.4) is 0 Å². The molecule has 0 bridgehead atoms. The van der Waals surface area contributed by atoms with Gasteiger partial charge in [0, 0.05) is 24.3 Å². The predicted octanol–water partition coefficient (Wildman–Crippen LogP) is 0.970. The number of halogens is 1. The summed E-state index contributed by atoms with van der Waals surface area (Å²) < 4.78 is 13.0. The van der Waals surface area contributed by atoms with Gasteiger partial charge in [0.15, 0.2) is 0 Å². The Bertz CT molecular complexity index is 434. The molecule has 0 saturated carbocycles. The van der Waals surface area contributed by atoms with Crippen molar-refractivity contribution in [1.29, 1.82) is 0 Å². The third kappa shape index (κ3) is 2.62. The third-order valence-corrected chi connectivity index (χ3v) is 2.75. The molecule has 2 rings (SSSR count). The first-order chi connectivity index (χ1) is 8.08. The highest BCUT2D eigenvalue weighted by Gasteiger charge is 2.29. The highest BCUT2D eigenvalue weighted by molar-refractivity contribution is 6.02. The smallest absolute Gasteiger partial charge is 0.246 e. The van der Waals surface area contributed by atoms with E-state index in [1.807, 2.05) is 19.0 Å². The van der Waals surface area contributed by atoms with Crippen LogP contribution >= 0.6 is 0 Å². The van der Waals surface area contributed by atoms with Crippen LogP contribution < -0.4 is 10.6 Å². The Hall–Kier alpha value is -1.46. The van der Waals surface area contributed by atoms with Crippen molar-refractivity contribution in [2.24, 2.45) is 0 Å². The standard InChI is InChI=1S/C12H16FN3O/c1-16(2)6-5-14-11-9-4-3-8(13)7-10(9)15-12(11)17/h3-4,7,11,14H,5-6H2,1-2H3,(H,15,17). The minimum Gasteiger partial charge on any atom is -0.324 e. The number of benzene rings is 1. The summed E-state index contributed by atoms with van der Waals surface area (Å²) >= 11 is 0. The van der Waals surface area contributed by atoms with Crippen molar-refractivity contribution in [1.82, 2.24) is 10.2 Å². The van der Waals surface area contributed by atoms with Gasteiger partial charge in [-0.25, -0.2) is 4.39 Å². The number of carbonyl (C=O) groups excluding carboxylic acids is 1. The molecule has 0 aromatic heterocycles. The number of likely N-dealkylation sites (N-methyl/N-ethyl adjacent to an activating group) is 1. The molecule has 1 aliphatic heterocycles. The van der Waals surface area contributed by atoms with E-state index >= 15 is 0 Å². The second-order valence-corrected chi connectivity index (χ2v) is 4.41. The average molecular weight is 237 g/mol. The first-order valence-corrected chi connectivity index (χ1v) is 5.56. The Morgan fingerprint density at radius 2 is 2.24 bits per heavy atom. The number of nitrogens with one attached hydrogen (secondary N) is 2. The molecule has 1 amide bonds. The minimum absolute atomic E-state index is 0.121. The van der Waals surface area contributed by atoms with Gasteiger partial charge in [-0.3, -0.25) is 4.79 Å². The first-order valence-electron chi connectivity index (χ1n) is 5.56. The quantitative estimate of drug-likeness (QED) is 0.820. The number of amides is 1. The fourth-order valence-electron chi connectivity index (χ4n) is 1.87. The summed E-state index contributed by atoms with van der Waals surface area (Å²) in [6, 6.07) is 4.00. The van der Waals surface area contributed by atoms with Gasteiger partial charge >= 0.3 is 0 Å². The highest BCUT2D eigenvalue weighted by atomic mass is 19.1. The van der Waals surface area contributed by atoms with Crippen LogP contribution in [0.15, 0.2) is 18.2 Å². The molecule has 1 aromatic carbocycles. The Kier molecular flexibility index (Phi) is 3.40. The van der Waals surface area contributed by atoms with E-state index < -0.39 is 0 Å². The van der Waals surface area contributed by atoms with Gasteiger partial charge < -0.3 is 15.5 Å². The highest BCUT2D eigenvalue weighted by Crippen LogP contribution is 2.30. The Morgan fingerprint density at radius 1 is 1.47 bits per heavy atom. The van der Waals surface area contributed by atoms with E-state index in [0.29, 0.717) is 12.2 Å². The summed E-state index contributed by atoms with van der Waals surface area (Å²) in [7, 11) is 3.94. The summed E-state index contributed by atoms with van der Waals surface area (Å²) in [5.74, 6) is -0.456. The summed E-state index contributed by atoms with van der Waals surface area (Å²) in [5.41, 5.74) is 1.38. The van der Waals surface area contributed by atoms with Crippen molar-refractivity contribution in [2.45, 2.75) is 6.04 Å². The Balaban J connectivity index is 2.07. The molecule has 0 aliphatic carbocycles. The van der Waals surface area contributed by atoms with Gasteiger partial charge in [-0.1, -0.05) is 6.07 Å². The molecule has 5 heteroatoms. The molecule has 17 heavy (non-hydrogen) atoms. The molecule has 0 radical (unpaired) electrons. The average Bonchev–Trinajstić information content (AvgIpc) is 2.54. The van der Waals surface area contributed by atoms with Crippen LogP contribution in [0, 0.1) is 5.82 Å². The molecular weight excluding hydrogens is 221 g/mol. The van der Waals surface area contributed by atoms with E-state index in [2.05, 4.69) is 10.6 Å². The zero-order valence-electron chi connectivity index (χ0n) is 9.96. The lowest BCUT2D eigenvalue weighted by Crippen LogP contribution is -2.33. The molecular formula is C12H16FN3O. The van der Waals surface area contributed by atoms with Crippen molar-refractivity contribution >= 4 is 11.6 Å². The molecule has 1 aromatic rings. The van der Waals surface area contributed by atoms with Crippen LogP contribution in [0.2, 0.25) is 0 Å². The van der Waals surface area contributed by atoms with Crippen molar-refractivity contribution < 1.29 is 9.18 Å². The van der Waals surface area contributed by atoms with Crippen LogP contribution in [0.4, 0.5) is 10.1 Å². The predicted molar refractivity (Wildman–Crippen MR) is 64.3 cm³/mol. The maximum absolute atomic E-state index is 13.0. The summed E-state index contributed by atoms with van der Waals surface area (Å²) in [6.45, 7) is 1.56. The number of rotatable bonds is 4. The number of carbonyl (C=O) groups is 1. The van der Waals surface area contributed by atoms with Crippen molar-refractivity contribution in [3.8, 4) is 0 Å². The molecule has 0 saturated heterocycles. The van der Waals surface area contributed by atoms with Crippen LogP contribution in [0.1, 0.15) is 11.6 Å². The van der Waals surface area contributed by atoms with E-state index in [1.54, 1.807) is 6.07 Å². The molecule has 0 spiro atoms. The van der Waals surface area contributed by atoms with E-state index in [1.165, 1.54) is 12.1 Å². The molecule has 1 atom stereocenters. The van der Waals surface area contributed by atoms with E-state index in [0.717, 1.165) is 12.1 Å². The van der Waals surface area contributed by atoms with Crippen molar-refractivity contribution in [3.05, 3.63) is 29.6 Å². The van der Waals surface area contributed by atoms with Gasteiger partial charge in [-0.2, -0.15) is 0 Å². The van der Waals surface area contributed by atoms with Crippen LogP contribution in [-0.4, -0.2) is 38.0 Å². The third-order valence-electron chi connectivity index (χ3n) is 2.75. The monoisotopic (exact) mass is 237 g/mol. The number of hydrogen-bond donors (Lipinski definition) is 2. The van der Waals surface area contributed by atoms with Gasteiger partial charge in [-0.05, 0) is 26.2 Å². The van der Waals surface area contributed by atoms with Crippen LogP contribution in [-0.2, 0) is 4.79 Å². The van der Waals surface area contributed by atoms with Gasteiger partial charge in [-0.15, -0.1) is 0 Å². The van der Waals surface area contributed by atoms with Crippen LogP contribution in [0.25, 0.3) is 0 Å². The molecule has 2 N–H and O–H groups in total. The first kappa shape index (κ1) is 12.0. The maximum atomic E-state index is 13.0. The Labute approximate surface area is 99.8 Å². The van der Waals surface area contributed by atoms with Gasteiger partial charge in [0.2, 0.25) is 5.91 Å². The van der Waals surface area contributed by atoms with Crippen LogP contribution in [0.5, 0.6) is 0 Å². The zero-order chi connectivity index (χ0) is 12.4. The second-order valence-electron chi connectivity index (χ2n) is 4.41.